The number of methoxy groups -OCH3 is 1. The second kappa shape index (κ2) is 8.52. The molecule has 0 aliphatic carbocycles. The summed E-state index contributed by atoms with van der Waals surface area (Å²) in [5.41, 5.74) is 0. The van der Waals surface area contributed by atoms with Gasteiger partial charge in [0.2, 0.25) is 5.91 Å². The molecule has 1 fully saturated rings. The van der Waals surface area contributed by atoms with Gasteiger partial charge < -0.3 is 20.1 Å². The summed E-state index contributed by atoms with van der Waals surface area (Å²) in [6, 6.07) is 7.35. The highest BCUT2D eigenvalue weighted by molar-refractivity contribution is 5.75. The monoisotopic (exact) mass is 292 g/mol. The number of carbonyl (C=O) groups excluding carboxylic acids is 1. The zero-order valence-corrected chi connectivity index (χ0v) is 12.6. The fourth-order valence-electron chi connectivity index (χ4n) is 2.40. The highest BCUT2D eigenvalue weighted by atomic mass is 16.5. The molecule has 116 valence electrons. The first-order valence-electron chi connectivity index (χ1n) is 7.52. The summed E-state index contributed by atoms with van der Waals surface area (Å²) >= 11 is 0. The van der Waals surface area contributed by atoms with Crippen LogP contribution in [0, 0.1) is 5.92 Å². The van der Waals surface area contributed by atoms with Crippen LogP contribution >= 0.6 is 0 Å². The second-order valence-electron chi connectivity index (χ2n) is 5.27. The Labute approximate surface area is 126 Å². The second-order valence-corrected chi connectivity index (χ2v) is 5.27. The lowest BCUT2D eigenvalue weighted by molar-refractivity contribution is -0.121. The lowest BCUT2D eigenvalue weighted by atomic mass is 10.1. The Hall–Kier alpha value is -1.75. The van der Waals surface area contributed by atoms with Gasteiger partial charge >= 0.3 is 0 Å². The normalized spacial score (nSPS) is 17.5. The van der Waals surface area contributed by atoms with E-state index in [1.54, 1.807) is 7.11 Å². The van der Waals surface area contributed by atoms with E-state index in [4.69, 9.17) is 9.47 Å². The van der Waals surface area contributed by atoms with Crippen molar-refractivity contribution >= 4 is 5.91 Å². The highest BCUT2D eigenvalue weighted by Gasteiger charge is 2.13. The van der Waals surface area contributed by atoms with Crippen LogP contribution < -0.4 is 20.1 Å². The number of rotatable bonds is 8. The minimum atomic E-state index is 0.0504. The average molecular weight is 292 g/mol. The van der Waals surface area contributed by atoms with E-state index in [-0.39, 0.29) is 5.91 Å². The molecule has 1 aromatic carbocycles. The van der Waals surface area contributed by atoms with E-state index >= 15 is 0 Å². The molecule has 2 N–H and O–H groups in total. The molecule has 1 aliphatic heterocycles. The maximum absolute atomic E-state index is 11.7. The van der Waals surface area contributed by atoms with E-state index in [1.807, 2.05) is 24.3 Å². The molecule has 0 radical (unpaired) electrons. The molecule has 0 aromatic heterocycles. The van der Waals surface area contributed by atoms with Crippen molar-refractivity contribution in [1.82, 2.24) is 10.6 Å². The number of hydrogen-bond acceptors (Lipinski definition) is 4. The van der Waals surface area contributed by atoms with Gasteiger partial charge in [0, 0.05) is 6.54 Å². The zero-order chi connectivity index (χ0) is 14.9. The van der Waals surface area contributed by atoms with E-state index in [9.17, 15) is 4.79 Å². The van der Waals surface area contributed by atoms with Crippen molar-refractivity contribution in [1.29, 1.82) is 0 Å². The molecule has 2 rings (SSSR count). The fraction of sp³-hybridized carbons (Fsp3) is 0.562. The third-order valence-corrected chi connectivity index (χ3v) is 3.69. The van der Waals surface area contributed by atoms with Crippen LogP contribution in [-0.4, -0.2) is 39.3 Å². The highest BCUT2D eigenvalue weighted by Crippen LogP contribution is 2.17. The number of hydrogen-bond donors (Lipinski definition) is 2. The van der Waals surface area contributed by atoms with Gasteiger partial charge in [0.15, 0.2) is 0 Å². The summed E-state index contributed by atoms with van der Waals surface area (Å²) in [5.74, 6) is 2.30. The minimum absolute atomic E-state index is 0.0504. The van der Waals surface area contributed by atoms with Gasteiger partial charge in [-0.2, -0.15) is 0 Å². The topological polar surface area (TPSA) is 59.6 Å². The number of ether oxygens (including phenoxy) is 2. The van der Waals surface area contributed by atoms with Gasteiger partial charge in [0.1, 0.15) is 11.5 Å². The first-order chi connectivity index (χ1) is 10.3. The predicted octanol–water partition coefficient (Wildman–Crippen LogP) is 1.58. The largest absolute Gasteiger partial charge is 0.497 e. The van der Waals surface area contributed by atoms with Gasteiger partial charge in [-0.1, -0.05) is 0 Å². The van der Waals surface area contributed by atoms with Crippen LogP contribution in [0.25, 0.3) is 0 Å². The lowest BCUT2D eigenvalue weighted by Gasteiger charge is -2.10. The fourth-order valence-corrected chi connectivity index (χ4v) is 2.40. The Morgan fingerprint density at radius 1 is 1.33 bits per heavy atom. The summed E-state index contributed by atoms with van der Waals surface area (Å²) in [5, 5.41) is 6.28. The molecule has 0 bridgehead atoms. The molecular formula is C16H24N2O3. The van der Waals surface area contributed by atoms with Gasteiger partial charge in [-0.05, 0) is 56.1 Å². The third-order valence-electron chi connectivity index (χ3n) is 3.69. The SMILES string of the molecule is COc1ccc(OCCC(=O)NCCC2CCNC2)cc1. The van der Waals surface area contributed by atoms with Crippen LogP contribution in [0.4, 0.5) is 0 Å². The first kappa shape index (κ1) is 15.6. The maximum Gasteiger partial charge on any atom is 0.223 e. The molecule has 1 amide bonds. The van der Waals surface area contributed by atoms with E-state index in [1.165, 1.54) is 6.42 Å². The molecule has 1 heterocycles. The van der Waals surface area contributed by atoms with Crippen molar-refractivity contribution in [3.8, 4) is 11.5 Å². The van der Waals surface area contributed by atoms with Crippen molar-refractivity contribution in [3.05, 3.63) is 24.3 Å². The molecule has 1 unspecified atom stereocenters. The Balaban J connectivity index is 1.55. The van der Waals surface area contributed by atoms with Crippen LogP contribution in [0.5, 0.6) is 11.5 Å². The molecule has 1 atom stereocenters. The molecular weight excluding hydrogens is 268 g/mol. The van der Waals surface area contributed by atoms with Gasteiger partial charge in [-0.3, -0.25) is 4.79 Å². The van der Waals surface area contributed by atoms with Crippen LogP contribution in [0.1, 0.15) is 19.3 Å². The van der Waals surface area contributed by atoms with Gasteiger partial charge in [-0.25, -0.2) is 0 Å². The predicted molar refractivity (Wildman–Crippen MR) is 81.7 cm³/mol. The summed E-state index contributed by atoms with van der Waals surface area (Å²) in [6.07, 6.45) is 2.66. The summed E-state index contributed by atoms with van der Waals surface area (Å²) in [4.78, 5) is 11.7. The molecule has 0 saturated carbocycles. The van der Waals surface area contributed by atoms with Crippen molar-refractivity contribution in [2.75, 3.05) is 33.4 Å². The van der Waals surface area contributed by atoms with Crippen molar-refractivity contribution < 1.29 is 14.3 Å². The number of nitrogens with one attached hydrogen (secondary N) is 2. The number of carbonyl (C=O) groups is 1. The van der Waals surface area contributed by atoms with Crippen LogP contribution in [0.3, 0.4) is 0 Å². The van der Waals surface area contributed by atoms with E-state index < -0.39 is 0 Å². The molecule has 1 aromatic rings. The standard InChI is InChI=1S/C16H24N2O3/c1-20-14-2-4-15(5-3-14)21-11-8-16(19)18-10-7-13-6-9-17-12-13/h2-5,13,17H,6-12H2,1H3,(H,18,19). The van der Waals surface area contributed by atoms with Gasteiger partial charge in [0.05, 0.1) is 20.1 Å². The average Bonchev–Trinajstić information content (AvgIpc) is 3.01. The molecule has 1 saturated heterocycles. The summed E-state index contributed by atoms with van der Waals surface area (Å²) in [6.45, 7) is 3.33. The van der Waals surface area contributed by atoms with Crippen LogP contribution in [-0.2, 0) is 4.79 Å². The van der Waals surface area contributed by atoms with Crippen LogP contribution in [0.15, 0.2) is 24.3 Å². The van der Waals surface area contributed by atoms with Crippen molar-refractivity contribution in [2.24, 2.45) is 5.92 Å². The van der Waals surface area contributed by atoms with Crippen molar-refractivity contribution in [2.45, 2.75) is 19.3 Å². The Bertz CT molecular complexity index is 428. The summed E-state index contributed by atoms with van der Waals surface area (Å²) < 4.78 is 10.6. The van der Waals surface area contributed by atoms with Gasteiger partial charge in [0.25, 0.3) is 0 Å². The molecule has 1 aliphatic rings. The number of amides is 1. The smallest absolute Gasteiger partial charge is 0.223 e. The zero-order valence-electron chi connectivity index (χ0n) is 12.6. The molecule has 21 heavy (non-hydrogen) atoms. The van der Waals surface area contributed by atoms with E-state index in [2.05, 4.69) is 10.6 Å². The Kier molecular flexibility index (Phi) is 6.34. The van der Waals surface area contributed by atoms with Crippen molar-refractivity contribution in [3.63, 3.8) is 0 Å². The van der Waals surface area contributed by atoms with Crippen LogP contribution in [0.2, 0.25) is 0 Å². The first-order valence-corrected chi connectivity index (χ1v) is 7.52. The van der Waals surface area contributed by atoms with E-state index in [0.717, 1.165) is 37.6 Å². The van der Waals surface area contributed by atoms with Gasteiger partial charge in [-0.15, -0.1) is 0 Å². The lowest BCUT2D eigenvalue weighted by Crippen LogP contribution is -2.27. The Morgan fingerprint density at radius 2 is 2.10 bits per heavy atom. The summed E-state index contributed by atoms with van der Waals surface area (Å²) in [7, 11) is 1.63. The maximum atomic E-state index is 11.7. The van der Waals surface area contributed by atoms with E-state index in [0.29, 0.717) is 18.9 Å². The minimum Gasteiger partial charge on any atom is -0.497 e. The Morgan fingerprint density at radius 3 is 2.76 bits per heavy atom. The number of benzene rings is 1. The molecule has 0 spiro atoms. The molecule has 5 heteroatoms. The molecule has 5 nitrogen and oxygen atoms in total. The third kappa shape index (κ3) is 5.63. The quantitative estimate of drug-likeness (QED) is 0.764.